The zero-order valence-electron chi connectivity index (χ0n) is 23.4. The van der Waals surface area contributed by atoms with Gasteiger partial charge in [-0.15, -0.1) is 10.2 Å². The zero-order valence-corrected chi connectivity index (χ0v) is 23.4. The predicted octanol–water partition coefficient (Wildman–Crippen LogP) is 4.62. The molecule has 4 heterocycles. The highest BCUT2D eigenvalue weighted by Gasteiger charge is 2.43. The van der Waals surface area contributed by atoms with Gasteiger partial charge in [-0.25, -0.2) is 9.37 Å². The Morgan fingerprint density at radius 2 is 1.86 bits per heavy atom. The summed E-state index contributed by atoms with van der Waals surface area (Å²) < 4.78 is 19.2. The van der Waals surface area contributed by atoms with Crippen molar-refractivity contribution in [1.82, 2.24) is 35.1 Å². The molecule has 2 amide bonds. The fourth-order valence-electron chi connectivity index (χ4n) is 5.72. The molecule has 2 aromatic carbocycles. The van der Waals surface area contributed by atoms with Crippen LogP contribution in [0.3, 0.4) is 0 Å². The third-order valence-corrected chi connectivity index (χ3v) is 8.12. The topological polar surface area (TPSA) is 132 Å². The van der Waals surface area contributed by atoms with Gasteiger partial charge < -0.3 is 14.6 Å². The van der Waals surface area contributed by atoms with E-state index in [2.05, 4.69) is 42.8 Å². The number of likely N-dealkylation sites (tertiary alicyclic amines) is 1. The number of nitrogens with one attached hydrogen (secondary N) is 1. The molecule has 5 aromatic rings. The molecule has 3 aromatic heterocycles. The molecule has 11 nitrogen and oxygen atoms in total. The standard InChI is InChI=1S/C31H29FN8O3/c1-18-36-38-40(37-18)28(19-5-3-2-4-6-19)20-10-13-39(14-11-20)31(42)26-15-21(9-12-33-26)30-35-25-8-7-22(16-27(25)43-30)34-29(41)23-17-24(23)32/h2-9,12,15-16,20,23-24,28H,10-11,13-14,17H2,1H3,(H,34,41)/t23-,24+,28?/m1/s1. The van der Waals surface area contributed by atoms with Crippen LogP contribution in [0.4, 0.5) is 10.1 Å². The number of carbonyl (C=O) groups is 2. The molecular weight excluding hydrogens is 551 g/mol. The third-order valence-electron chi connectivity index (χ3n) is 8.12. The van der Waals surface area contributed by atoms with Crippen LogP contribution < -0.4 is 5.32 Å². The number of fused-ring (bicyclic) bond motifs is 1. The van der Waals surface area contributed by atoms with Gasteiger partial charge in [0.1, 0.15) is 23.4 Å². The summed E-state index contributed by atoms with van der Waals surface area (Å²) >= 11 is 0. The Labute approximate surface area is 246 Å². The highest BCUT2D eigenvalue weighted by molar-refractivity contribution is 5.96. The van der Waals surface area contributed by atoms with E-state index in [0.717, 1.165) is 18.4 Å². The van der Waals surface area contributed by atoms with Gasteiger partial charge in [0, 0.05) is 36.6 Å². The Morgan fingerprint density at radius 1 is 1.07 bits per heavy atom. The Kier molecular flexibility index (Phi) is 6.88. The van der Waals surface area contributed by atoms with Crippen molar-refractivity contribution >= 4 is 28.6 Å². The fourth-order valence-corrected chi connectivity index (χ4v) is 5.72. The summed E-state index contributed by atoms with van der Waals surface area (Å²) in [5, 5.41) is 15.6. The second-order valence-corrected chi connectivity index (χ2v) is 11.1. The molecule has 1 saturated heterocycles. The number of nitrogens with zero attached hydrogens (tertiary/aromatic N) is 7. The molecule has 1 saturated carbocycles. The number of piperidine rings is 1. The number of tetrazole rings is 1. The van der Waals surface area contributed by atoms with Crippen molar-refractivity contribution in [2.75, 3.05) is 18.4 Å². The normalized spacial score (nSPS) is 19.3. The van der Waals surface area contributed by atoms with Crippen molar-refractivity contribution < 1.29 is 18.4 Å². The maximum atomic E-state index is 13.5. The number of pyridine rings is 1. The first-order valence-corrected chi connectivity index (χ1v) is 14.4. The number of amides is 2. The minimum absolute atomic E-state index is 0.0663. The lowest BCUT2D eigenvalue weighted by Crippen LogP contribution is -2.41. The Balaban J connectivity index is 1.05. The molecule has 0 spiro atoms. The summed E-state index contributed by atoms with van der Waals surface area (Å²) in [5.74, 6) is 0.111. The summed E-state index contributed by atoms with van der Waals surface area (Å²) in [5.41, 5.74) is 3.62. The third kappa shape index (κ3) is 5.47. The van der Waals surface area contributed by atoms with Crippen LogP contribution >= 0.6 is 0 Å². The average Bonchev–Trinajstić information content (AvgIpc) is 3.39. The number of rotatable bonds is 7. The minimum Gasteiger partial charge on any atom is -0.436 e. The lowest BCUT2D eigenvalue weighted by atomic mass is 9.85. The van der Waals surface area contributed by atoms with E-state index < -0.39 is 12.1 Å². The summed E-state index contributed by atoms with van der Waals surface area (Å²) in [6.07, 6.45) is 2.33. The molecule has 7 rings (SSSR count). The van der Waals surface area contributed by atoms with Crippen molar-refractivity contribution in [2.45, 2.75) is 38.4 Å². The number of halogens is 1. The van der Waals surface area contributed by atoms with Gasteiger partial charge in [-0.05, 0) is 67.1 Å². The number of hydrogen-bond acceptors (Lipinski definition) is 8. The van der Waals surface area contributed by atoms with Gasteiger partial charge in [-0.2, -0.15) is 4.80 Å². The number of hydrogen-bond donors (Lipinski definition) is 1. The molecule has 43 heavy (non-hydrogen) atoms. The molecule has 3 atom stereocenters. The van der Waals surface area contributed by atoms with Crippen LogP contribution in [0.2, 0.25) is 0 Å². The zero-order chi connectivity index (χ0) is 29.5. The van der Waals surface area contributed by atoms with E-state index in [0.29, 0.717) is 52.8 Å². The predicted molar refractivity (Wildman–Crippen MR) is 155 cm³/mol. The first-order chi connectivity index (χ1) is 20.9. The number of oxazole rings is 1. The highest BCUT2D eigenvalue weighted by Crippen LogP contribution is 2.36. The SMILES string of the molecule is Cc1nnn(C(c2ccccc2)C2CCN(C(=O)c3cc(-c4nc5ccc(NC(=O)[C@@H]6C[C@@H]6F)cc5o4)ccn3)CC2)n1. The summed E-state index contributed by atoms with van der Waals surface area (Å²) in [6.45, 7) is 2.98. The fraction of sp³-hybridized carbons (Fsp3) is 0.323. The number of alkyl halides is 1. The molecule has 2 aliphatic rings. The molecule has 12 heteroatoms. The van der Waals surface area contributed by atoms with E-state index >= 15 is 0 Å². The summed E-state index contributed by atoms with van der Waals surface area (Å²) in [6, 6.07) is 18.6. The number of benzene rings is 2. The van der Waals surface area contributed by atoms with Crippen LogP contribution in [0.15, 0.2) is 71.3 Å². The van der Waals surface area contributed by atoms with Crippen LogP contribution in [0, 0.1) is 18.8 Å². The summed E-state index contributed by atoms with van der Waals surface area (Å²) in [7, 11) is 0. The molecular formula is C31H29FN8O3. The van der Waals surface area contributed by atoms with Crippen molar-refractivity contribution in [3.63, 3.8) is 0 Å². The van der Waals surface area contributed by atoms with Gasteiger partial charge in [0.25, 0.3) is 5.91 Å². The molecule has 2 fully saturated rings. The van der Waals surface area contributed by atoms with Gasteiger partial charge in [0.05, 0.1) is 5.92 Å². The lowest BCUT2D eigenvalue weighted by Gasteiger charge is -2.35. The second kappa shape index (κ2) is 11.0. The maximum Gasteiger partial charge on any atom is 0.272 e. The van der Waals surface area contributed by atoms with E-state index in [9.17, 15) is 14.0 Å². The van der Waals surface area contributed by atoms with Crippen LogP contribution in [-0.2, 0) is 4.79 Å². The molecule has 1 aliphatic heterocycles. The van der Waals surface area contributed by atoms with Crippen molar-refractivity contribution in [3.05, 3.63) is 83.9 Å². The van der Waals surface area contributed by atoms with Crippen LogP contribution in [-0.4, -0.2) is 66.2 Å². The van der Waals surface area contributed by atoms with Gasteiger partial charge >= 0.3 is 0 Å². The maximum absolute atomic E-state index is 13.5. The monoisotopic (exact) mass is 580 g/mol. The smallest absolute Gasteiger partial charge is 0.272 e. The Bertz CT molecular complexity index is 1800. The van der Waals surface area contributed by atoms with Gasteiger partial charge in [-0.3, -0.25) is 14.6 Å². The Morgan fingerprint density at radius 3 is 2.58 bits per heavy atom. The van der Waals surface area contributed by atoms with E-state index in [-0.39, 0.29) is 30.2 Å². The van der Waals surface area contributed by atoms with E-state index in [4.69, 9.17) is 4.42 Å². The second-order valence-electron chi connectivity index (χ2n) is 11.1. The first-order valence-electron chi connectivity index (χ1n) is 14.4. The van der Waals surface area contributed by atoms with Crippen molar-refractivity contribution in [1.29, 1.82) is 0 Å². The van der Waals surface area contributed by atoms with Crippen LogP contribution in [0.1, 0.15) is 47.2 Å². The van der Waals surface area contributed by atoms with Crippen molar-refractivity contribution in [3.8, 4) is 11.5 Å². The number of carbonyl (C=O) groups excluding carboxylic acids is 2. The molecule has 1 aliphatic carbocycles. The van der Waals surface area contributed by atoms with Crippen molar-refractivity contribution in [2.24, 2.45) is 11.8 Å². The number of aromatic nitrogens is 6. The van der Waals surface area contributed by atoms with E-state index in [1.165, 1.54) is 0 Å². The van der Waals surface area contributed by atoms with E-state index in [1.54, 1.807) is 41.3 Å². The van der Waals surface area contributed by atoms with Gasteiger partial charge in [0.2, 0.25) is 11.8 Å². The largest absolute Gasteiger partial charge is 0.436 e. The molecule has 0 bridgehead atoms. The molecule has 1 N–H and O–H groups in total. The van der Waals surface area contributed by atoms with E-state index in [1.807, 2.05) is 30.0 Å². The quantitative estimate of drug-likeness (QED) is 0.295. The average molecular weight is 581 g/mol. The lowest BCUT2D eigenvalue weighted by molar-refractivity contribution is -0.117. The summed E-state index contributed by atoms with van der Waals surface area (Å²) in [4.78, 5) is 38.0. The minimum atomic E-state index is -1.07. The molecule has 218 valence electrons. The molecule has 1 unspecified atom stereocenters. The van der Waals surface area contributed by atoms with Crippen LogP contribution in [0.25, 0.3) is 22.6 Å². The Hall–Kier alpha value is -5.00. The number of aryl methyl sites for hydroxylation is 1. The molecule has 0 radical (unpaired) electrons. The van der Waals surface area contributed by atoms with Crippen LogP contribution in [0.5, 0.6) is 0 Å². The number of anilines is 1. The van der Waals surface area contributed by atoms with Gasteiger partial charge in [-0.1, -0.05) is 30.3 Å². The highest BCUT2D eigenvalue weighted by atomic mass is 19.1. The first kappa shape index (κ1) is 26.9. The van der Waals surface area contributed by atoms with Gasteiger partial charge in [0.15, 0.2) is 11.4 Å².